The van der Waals surface area contributed by atoms with Gasteiger partial charge in [-0.3, -0.25) is 4.90 Å². The molecular formula is C21H24FN. The second-order valence-electron chi connectivity index (χ2n) is 7.29. The number of piperidine rings is 1. The van der Waals surface area contributed by atoms with E-state index in [4.69, 9.17) is 0 Å². The van der Waals surface area contributed by atoms with Gasteiger partial charge in [0.1, 0.15) is 5.82 Å². The maximum absolute atomic E-state index is 13.4. The van der Waals surface area contributed by atoms with Gasteiger partial charge in [-0.25, -0.2) is 4.39 Å². The van der Waals surface area contributed by atoms with E-state index in [0.29, 0.717) is 23.9 Å². The van der Waals surface area contributed by atoms with E-state index in [-0.39, 0.29) is 5.82 Å². The first-order valence-corrected chi connectivity index (χ1v) is 8.67. The molecule has 2 fully saturated rings. The molecule has 0 unspecified atom stereocenters. The number of rotatable bonds is 2. The number of aryl methyl sites for hydroxylation is 1. The summed E-state index contributed by atoms with van der Waals surface area (Å²) in [4.78, 5) is 2.57. The minimum atomic E-state index is -0.144. The molecule has 0 saturated carbocycles. The van der Waals surface area contributed by atoms with E-state index < -0.39 is 0 Å². The molecule has 4 atom stereocenters. The Bertz CT molecular complexity index is 676. The van der Waals surface area contributed by atoms with Crippen LogP contribution in [-0.4, -0.2) is 24.0 Å². The van der Waals surface area contributed by atoms with E-state index in [0.717, 1.165) is 0 Å². The van der Waals surface area contributed by atoms with Gasteiger partial charge >= 0.3 is 0 Å². The Morgan fingerprint density at radius 2 is 1.57 bits per heavy atom. The Labute approximate surface area is 138 Å². The zero-order valence-electron chi connectivity index (χ0n) is 13.9. The fourth-order valence-corrected chi connectivity index (χ4v) is 4.76. The number of hydrogen-bond acceptors (Lipinski definition) is 1. The summed E-state index contributed by atoms with van der Waals surface area (Å²) < 4.78 is 13.4. The molecule has 2 saturated heterocycles. The van der Waals surface area contributed by atoms with Crippen LogP contribution in [0.4, 0.5) is 4.39 Å². The van der Waals surface area contributed by atoms with Crippen molar-refractivity contribution in [2.75, 3.05) is 7.05 Å². The third-order valence-electron chi connectivity index (χ3n) is 6.03. The molecule has 2 bridgehead atoms. The van der Waals surface area contributed by atoms with E-state index in [2.05, 4.69) is 43.1 Å². The summed E-state index contributed by atoms with van der Waals surface area (Å²) in [5.41, 5.74) is 4.03. The zero-order chi connectivity index (χ0) is 16.0. The lowest BCUT2D eigenvalue weighted by atomic mass is 9.73. The van der Waals surface area contributed by atoms with Crippen LogP contribution in [0.25, 0.3) is 0 Å². The SMILES string of the molecule is Cc1ccc([C@H]2C[C@@H]3CC[C@H]([C@H]2c2ccc(F)cc2)N3C)cc1. The van der Waals surface area contributed by atoms with E-state index in [1.807, 2.05) is 12.1 Å². The average Bonchev–Trinajstić information content (AvgIpc) is 2.80. The van der Waals surface area contributed by atoms with Gasteiger partial charge in [0.15, 0.2) is 0 Å². The normalized spacial score (nSPS) is 30.6. The van der Waals surface area contributed by atoms with Crippen LogP contribution in [0, 0.1) is 12.7 Å². The van der Waals surface area contributed by atoms with Crippen LogP contribution >= 0.6 is 0 Å². The monoisotopic (exact) mass is 309 g/mol. The standard InChI is InChI=1S/C21H24FN/c1-14-3-5-15(6-4-14)19-13-18-11-12-20(23(18)2)21(19)16-7-9-17(22)10-8-16/h3-10,18-21H,11-13H2,1-2H3/t18-,19+,20+,21-/m0/s1. The maximum Gasteiger partial charge on any atom is 0.123 e. The first-order valence-electron chi connectivity index (χ1n) is 8.67. The van der Waals surface area contributed by atoms with Crippen molar-refractivity contribution in [1.29, 1.82) is 0 Å². The van der Waals surface area contributed by atoms with Crippen LogP contribution in [0.2, 0.25) is 0 Å². The number of benzene rings is 2. The Balaban J connectivity index is 1.76. The Morgan fingerprint density at radius 1 is 0.913 bits per heavy atom. The van der Waals surface area contributed by atoms with Gasteiger partial charge in [-0.15, -0.1) is 0 Å². The van der Waals surface area contributed by atoms with Crippen molar-refractivity contribution in [1.82, 2.24) is 4.90 Å². The molecule has 2 heteroatoms. The van der Waals surface area contributed by atoms with Gasteiger partial charge in [0.25, 0.3) is 0 Å². The summed E-state index contributed by atoms with van der Waals surface area (Å²) >= 11 is 0. The lowest BCUT2D eigenvalue weighted by Crippen LogP contribution is -2.44. The summed E-state index contributed by atoms with van der Waals surface area (Å²) in [5.74, 6) is 0.853. The molecule has 2 aromatic rings. The first kappa shape index (κ1) is 14.9. The molecular weight excluding hydrogens is 285 g/mol. The Morgan fingerprint density at radius 3 is 2.26 bits per heavy atom. The smallest absolute Gasteiger partial charge is 0.123 e. The summed E-state index contributed by atoms with van der Waals surface area (Å²) in [6.45, 7) is 2.14. The van der Waals surface area contributed by atoms with Gasteiger partial charge in [-0.2, -0.15) is 0 Å². The molecule has 0 spiro atoms. The van der Waals surface area contributed by atoms with Crippen LogP contribution in [0.5, 0.6) is 0 Å². The zero-order valence-corrected chi connectivity index (χ0v) is 13.9. The lowest BCUT2D eigenvalue weighted by molar-refractivity contribution is 0.137. The minimum Gasteiger partial charge on any atom is -0.300 e. The summed E-state index contributed by atoms with van der Waals surface area (Å²) in [6, 6.07) is 17.5. The molecule has 2 aliphatic rings. The maximum atomic E-state index is 13.4. The molecule has 2 heterocycles. The number of nitrogens with zero attached hydrogens (tertiary/aromatic N) is 1. The predicted molar refractivity (Wildman–Crippen MR) is 92.3 cm³/mol. The summed E-state index contributed by atoms with van der Waals surface area (Å²) in [7, 11) is 2.27. The quantitative estimate of drug-likeness (QED) is 0.765. The van der Waals surface area contributed by atoms with Crippen LogP contribution in [0.15, 0.2) is 48.5 Å². The highest BCUT2D eigenvalue weighted by atomic mass is 19.1. The molecule has 2 aromatic carbocycles. The fourth-order valence-electron chi connectivity index (χ4n) is 4.76. The second-order valence-corrected chi connectivity index (χ2v) is 7.29. The van der Waals surface area contributed by atoms with E-state index in [1.165, 1.54) is 36.0 Å². The number of halogens is 1. The largest absolute Gasteiger partial charge is 0.300 e. The van der Waals surface area contributed by atoms with Gasteiger partial charge in [0.2, 0.25) is 0 Å². The van der Waals surface area contributed by atoms with Gasteiger partial charge in [0.05, 0.1) is 0 Å². The molecule has 4 rings (SSSR count). The molecule has 2 aliphatic heterocycles. The van der Waals surface area contributed by atoms with Gasteiger partial charge in [0, 0.05) is 18.0 Å². The number of likely N-dealkylation sites (N-methyl/N-ethyl adjacent to an activating group) is 1. The van der Waals surface area contributed by atoms with Crippen molar-refractivity contribution in [3.8, 4) is 0 Å². The third kappa shape index (κ3) is 2.59. The van der Waals surface area contributed by atoms with Crippen LogP contribution in [0.1, 0.15) is 47.8 Å². The molecule has 1 nitrogen and oxygen atoms in total. The van der Waals surface area contributed by atoms with Crippen LogP contribution in [0.3, 0.4) is 0 Å². The summed E-state index contributed by atoms with van der Waals surface area (Å²) in [5, 5.41) is 0. The van der Waals surface area contributed by atoms with Crippen molar-refractivity contribution in [3.05, 3.63) is 71.0 Å². The Kier molecular flexibility index (Phi) is 3.73. The van der Waals surface area contributed by atoms with E-state index >= 15 is 0 Å². The molecule has 0 radical (unpaired) electrons. The molecule has 0 amide bonds. The molecule has 0 aromatic heterocycles. The minimum absolute atomic E-state index is 0.144. The van der Waals surface area contributed by atoms with Gasteiger partial charge in [-0.1, -0.05) is 42.0 Å². The van der Waals surface area contributed by atoms with Gasteiger partial charge in [-0.05, 0) is 62.4 Å². The molecule has 0 N–H and O–H groups in total. The molecule has 23 heavy (non-hydrogen) atoms. The van der Waals surface area contributed by atoms with Crippen molar-refractivity contribution in [2.45, 2.75) is 50.1 Å². The molecule has 120 valence electrons. The van der Waals surface area contributed by atoms with Crippen LogP contribution in [-0.2, 0) is 0 Å². The van der Waals surface area contributed by atoms with Crippen molar-refractivity contribution < 1.29 is 4.39 Å². The highest BCUT2D eigenvalue weighted by Gasteiger charge is 2.46. The second kappa shape index (κ2) is 5.76. The fraction of sp³-hybridized carbons (Fsp3) is 0.429. The lowest BCUT2D eigenvalue weighted by Gasteiger charge is -2.43. The van der Waals surface area contributed by atoms with Crippen molar-refractivity contribution in [2.24, 2.45) is 0 Å². The van der Waals surface area contributed by atoms with Gasteiger partial charge < -0.3 is 0 Å². The highest BCUT2D eigenvalue weighted by Crippen LogP contribution is 2.50. The van der Waals surface area contributed by atoms with E-state index in [1.54, 1.807) is 12.1 Å². The predicted octanol–water partition coefficient (Wildman–Crippen LogP) is 4.87. The summed E-state index contributed by atoms with van der Waals surface area (Å²) in [6.07, 6.45) is 3.75. The highest BCUT2D eigenvalue weighted by molar-refractivity contribution is 5.34. The van der Waals surface area contributed by atoms with Crippen LogP contribution < -0.4 is 0 Å². The third-order valence-corrected chi connectivity index (χ3v) is 6.03. The van der Waals surface area contributed by atoms with Crippen molar-refractivity contribution in [3.63, 3.8) is 0 Å². The number of fused-ring (bicyclic) bond motifs is 2. The van der Waals surface area contributed by atoms with Crippen molar-refractivity contribution >= 4 is 0 Å². The van der Waals surface area contributed by atoms with E-state index in [9.17, 15) is 4.39 Å². The molecule has 0 aliphatic carbocycles. The number of hydrogen-bond donors (Lipinski definition) is 0. The topological polar surface area (TPSA) is 3.24 Å². The Hall–Kier alpha value is -1.67. The average molecular weight is 309 g/mol. The first-order chi connectivity index (χ1) is 11.1.